The second-order valence-electron chi connectivity index (χ2n) is 8.46. The summed E-state index contributed by atoms with van der Waals surface area (Å²) in [5, 5.41) is 31.5. The van der Waals surface area contributed by atoms with Crippen molar-refractivity contribution >= 4 is 17.6 Å². The minimum Gasteiger partial charge on any atom is -0.491 e. The molecule has 6 nitrogen and oxygen atoms in total. The summed E-state index contributed by atoms with van der Waals surface area (Å²) in [7, 11) is 0. The van der Waals surface area contributed by atoms with Gasteiger partial charge in [-0.25, -0.2) is 0 Å². The van der Waals surface area contributed by atoms with E-state index >= 15 is 0 Å². The van der Waals surface area contributed by atoms with Gasteiger partial charge in [0.2, 0.25) is 0 Å². The summed E-state index contributed by atoms with van der Waals surface area (Å²) in [5.41, 5.74) is 0. The molecule has 0 spiro atoms. The highest BCUT2D eigenvalue weighted by atomic mass is 35.5. The van der Waals surface area contributed by atoms with E-state index in [0.29, 0.717) is 36.5 Å². The van der Waals surface area contributed by atoms with Crippen molar-refractivity contribution in [3.05, 3.63) is 53.6 Å². The maximum atomic E-state index is 11.5. The first-order chi connectivity index (χ1) is 15.3. The first kappa shape index (κ1) is 26.4. The van der Waals surface area contributed by atoms with Gasteiger partial charge in [-0.3, -0.25) is 4.79 Å². The molecule has 178 valence electrons. The highest BCUT2D eigenvalue weighted by Crippen LogP contribution is 2.37. The summed E-state index contributed by atoms with van der Waals surface area (Å²) in [6.45, 7) is 3.71. The molecule has 1 aromatic rings. The molecule has 0 amide bonds. The number of halogens is 1. The second-order valence-corrected chi connectivity index (χ2v) is 8.89. The molecule has 0 bridgehead atoms. The number of benzene rings is 1. The largest absolute Gasteiger partial charge is 0.491 e. The Bertz CT molecular complexity index is 763. The number of carbonyl (C=O) groups is 1. The molecule has 1 saturated carbocycles. The van der Waals surface area contributed by atoms with Crippen LogP contribution in [0.25, 0.3) is 0 Å². The summed E-state index contributed by atoms with van der Waals surface area (Å²) < 4.78 is 10.6. The highest BCUT2D eigenvalue weighted by Gasteiger charge is 2.39. The number of rotatable bonds is 12. The van der Waals surface area contributed by atoms with Crippen LogP contribution >= 0.6 is 11.6 Å². The van der Waals surface area contributed by atoms with Crippen LogP contribution < -0.4 is 4.74 Å². The number of allylic oxidation sites excluding steroid dienone is 2. The Morgan fingerprint density at radius 3 is 2.69 bits per heavy atom. The third kappa shape index (κ3) is 9.33. The highest BCUT2D eigenvalue weighted by molar-refractivity contribution is 6.30. The van der Waals surface area contributed by atoms with Gasteiger partial charge in [0, 0.05) is 23.8 Å². The molecule has 0 aliphatic heterocycles. The first-order valence-electron chi connectivity index (χ1n) is 11.2. The molecule has 5 atom stereocenters. The fourth-order valence-electron chi connectivity index (χ4n) is 3.87. The van der Waals surface area contributed by atoms with E-state index in [1.165, 1.54) is 0 Å². The Morgan fingerprint density at radius 2 is 1.97 bits per heavy atom. The third-order valence-corrected chi connectivity index (χ3v) is 5.64. The normalized spacial score (nSPS) is 24.5. The summed E-state index contributed by atoms with van der Waals surface area (Å²) in [6.07, 6.45) is 7.87. The molecular formula is C25H35ClO6. The number of aliphatic hydroxyl groups excluding tert-OH is 3. The zero-order chi connectivity index (χ0) is 23.5. The van der Waals surface area contributed by atoms with Crippen LogP contribution in [0, 0.1) is 11.8 Å². The van der Waals surface area contributed by atoms with Gasteiger partial charge < -0.3 is 24.8 Å². The zero-order valence-electron chi connectivity index (χ0n) is 18.8. The Morgan fingerprint density at radius 1 is 1.22 bits per heavy atom. The smallest absolute Gasteiger partial charge is 0.306 e. The van der Waals surface area contributed by atoms with Gasteiger partial charge in [-0.1, -0.05) is 42.0 Å². The number of carbonyl (C=O) groups excluding carboxylic acids is 1. The Kier molecular flexibility index (Phi) is 11.2. The van der Waals surface area contributed by atoms with Crippen molar-refractivity contribution in [3.63, 3.8) is 0 Å². The van der Waals surface area contributed by atoms with Crippen molar-refractivity contribution in [2.75, 3.05) is 6.61 Å². The van der Waals surface area contributed by atoms with Crippen LogP contribution in [0.5, 0.6) is 5.75 Å². The predicted octanol–water partition coefficient (Wildman–Crippen LogP) is 4.06. The van der Waals surface area contributed by atoms with Crippen molar-refractivity contribution in [2.24, 2.45) is 11.8 Å². The number of ether oxygens (including phenoxy) is 2. The average molecular weight is 467 g/mol. The van der Waals surface area contributed by atoms with Gasteiger partial charge in [0.25, 0.3) is 0 Å². The number of aliphatic hydroxyl groups is 3. The molecule has 0 unspecified atom stereocenters. The predicted molar refractivity (Wildman–Crippen MR) is 125 cm³/mol. The number of esters is 1. The number of hydrogen-bond acceptors (Lipinski definition) is 6. The van der Waals surface area contributed by atoms with Crippen LogP contribution in [0.3, 0.4) is 0 Å². The number of hydrogen-bond donors (Lipinski definition) is 3. The van der Waals surface area contributed by atoms with Gasteiger partial charge in [-0.15, -0.1) is 0 Å². The third-order valence-electron chi connectivity index (χ3n) is 5.40. The molecule has 1 aliphatic carbocycles. The van der Waals surface area contributed by atoms with Crippen LogP contribution in [0.2, 0.25) is 5.02 Å². The van der Waals surface area contributed by atoms with Gasteiger partial charge in [0.1, 0.15) is 18.5 Å². The van der Waals surface area contributed by atoms with Crippen molar-refractivity contribution < 1.29 is 29.6 Å². The van der Waals surface area contributed by atoms with E-state index in [4.69, 9.17) is 21.1 Å². The van der Waals surface area contributed by atoms with Crippen molar-refractivity contribution in [1.29, 1.82) is 0 Å². The van der Waals surface area contributed by atoms with E-state index in [0.717, 1.165) is 6.42 Å². The monoisotopic (exact) mass is 466 g/mol. The van der Waals surface area contributed by atoms with Gasteiger partial charge in [-0.2, -0.15) is 0 Å². The molecule has 2 rings (SSSR count). The lowest BCUT2D eigenvalue weighted by molar-refractivity contribution is -0.147. The molecule has 0 radical (unpaired) electrons. The van der Waals surface area contributed by atoms with Crippen LogP contribution in [0.4, 0.5) is 0 Å². The van der Waals surface area contributed by atoms with Crippen LogP contribution in [0.1, 0.15) is 46.0 Å². The Balaban J connectivity index is 1.78. The minimum atomic E-state index is -0.843. The maximum absolute atomic E-state index is 11.5. The molecule has 1 aliphatic rings. The van der Waals surface area contributed by atoms with E-state index in [1.807, 2.05) is 26.0 Å². The zero-order valence-corrected chi connectivity index (χ0v) is 19.5. The molecule has 32 heavy (non-hydrogen) atoms. The van der Waals surface area contributed by atoms with Crippen LogP contribution in [-0.4, -0.2) is 52.3 Å². The van der Waals surface area contributed by atoms with Crippen molar-refractivity contribution in [3.8, 4) is 5.75 Å². The lowest BCUT2D eigenvalue weighted by Crippen LogP contribution is -2.22. The van der Waals surface area contributed by atoms with Crippen LogP contribution in [0.15, 0.2) is 48.6 Å². The second kappa shape index (κ2) is 13.6. The molecule has 7 heteroatoms. The quantitative estimate of drug-likeness (QED) is 0.317. The molecule has 1 fully saturated rings. The van der Waals surface area contributed by atoms with Crippen LogP contribution in [-0.2, 0) is 9.53 Å². The average Bonchev–Trinajstić information content (AvgIpc) is 2.99. The molecule has 0 saturated heterocycles. The molecular weight excluding hydrogens is 432 g/mol. The van der Waals surface area contributed by atoms with Gasteiger partial charge in [-0.05, 0) is 57.2 Å². The van der Waals surface area contributed by atoms with Gasteiger partial charge in [0.15, 0.2) is 0 Å². The van der Waals surface area contributed by atoms with Crippen molar-refractivity contribution in [2.45, 2.75) is 70.4 Å². The van der Waals surface area contributed by atoms with E-state index in [9.17, 15) is 20.1 Å². The van der Waals surface area contributed by atoms with E-state index in [1.54, 1.807) is 36.4 Å². The maximum Gasteiger partial charge on any atom is 0.306 e. The van der Waals surface area contributed by atoms with Crippen molar-refractivity contribution in [1.82, 2.24) is 0 Å². The lowest BCUT2D eigenvalue weighted by atomic mass is 9.88. The SMILES string of the molecule is CC(C)OC(=O)CC/C=C\CC[C@@H]1[C@@H](/C=C/[C@@H](O)COc2cccc(Cl)c2)[C@H](O)C[C@@H]1O. The summed E-state index contributed by atoms with van der Waals surface area (Å²) in [6, 6.07) is 6.95. The van der Waals surface area contributed by atoms with E-state index in [2.05, 4.69) is 0 Å². The molecule has 0 aromatic heterocycles. The Labute approximate surface area is 195 Å². The summed E-state index contributed by atoms with van der Waals surface area (Å²) in [5.74, 6) is 0.0311. The molecule has 1 aromatic carbocycles. The first-order valence-corrected chi connectivity index (χ1v) is 11.6. The fraction of sp³-hybridized carbons (Fsp3) is 0.560. The topological polar surface area (TPSA) is 96.2 Å². The standard InChI is InChI=1S/C25H35ClO6/c1-17(2)32-25(30)11-6-4-3-5-10-21-22(24(29)15-23(21)28)13-12-19(27)16-31-20-9-7-8-18(26)14-20/h3-4,7-9,12-14,17,19,21-24,27-29H,5-6,10-11,15-16H2,1-2H3/b4-3-,13-12+/t19-,21-,22-,23+,24-/m1/s1. The van der Waals surface area contributed by atoms with E-state index < -0.39 is 18.3 Å². The van der Waals surface area contributed by atoms with Gasteiger partial charge in [0.05, 0.1) is 18.3 Å². The lowest BCUT2D eigenvalue weighted by Gasteiger charge is -2.20. The summed E-state index contributed by atoms with van der Waals surface area (Å²) >= 11 is 5.92. The molecule has 3 N–H and O–H groups in total. The summed E-state index contributed by atoms with van der Waals surface area (Å²) in [4.78, 5) is 11.5. The van der Waals surface area contributed by atoms with Gasteiger partial charge >= 0.3 is 5.97 Å². The Hall–Kier alpha value is -1.86. The fourth-order valence-corrected chi connectivity index (χ4v) is 4.06. The minimum absolute atomic E-state index is 0.0643. The molecule has 0 heterocycles. The van der Waals surface area contributed by atoms with E-state index in [-0.39, 0.29) is 30.5 Å².